The molecule has 34 heavy (non-hydrogen) atoms. The third-order valence-electron chi connectivity index (χ3n) is 7.67. The van der Waals surface area contributed by atoms with E-state index in [1.165, 1.54) is 0 Å². The lowest BCUT2D eigenvalue weighted by molar-refractivity contribution is -0.140. The van der Waals surface area contributed by atoms with E-state index in [1.54, 1.807) is 11.5 Å². The van der Waals surface area contributed by atoms with Crippen LogP contribution >= 0.6 is 0 Å². The van der Waals surface area contributed by atoms with E-state index in [-0.39, 0.29) is 24.2 Å². The number of aliphatic hydroxyl groups is 1. The maximum atomic E-state index is 13.6. The zero-order valence-electron chi connectivity index (χ0n) is 19.6. The van der Waals surface area contributed by atoms with Crippen molar-refractivity contribution < 1.29 is 9.90 Å². The smallest absolute Gasteiger partial charge is 0.254 e. The molecule has 1 aromatic carbocycles. The van der Waals surface area contributed by atoms with Crippen LogP contribution in [0.25, 0.3) is 22.3 Å². The molecule has 0 fully saturated rings. The number of aliphatic imine (C=N–C) groups is 1. The molecular formula is C27H28N4O3. The van der Waals surface area contributed by atoms with E-state index in [4.69, 9.17) is 4.98 Å². The van der Waals surface area contributed by atoms with Crippen molar-refractivity contribution in [3.8, 4) is 11.4 Å². The molecule has 0 radical (unpaired) electrons. The SMILES string of the molecule is CCCCCN1C=Nc2cccc3nc4c(c1c23)Cn1c-4cc2c(c1=O)CCC(=O)[C@]2(O)CC. The number of ketones is 1. The van der Waals surface area contributed by atoms with Crippen molar-refractivity contribution in [2.24, 2.45) is 4.99 Å². The van der Waals surface area contributed by atoms with Crippen LogP contribution < -0.4 is 10.5 Å². The van der Waals surface area contributed by atoms with Crippen LogP contribution in [-0.2, 0) is 23.4 Å². The summed E-state index contributed by atoms with van der Waals surface area (Å²) in [4.78, 5) is 38.2. The van der Waals surface area contributed by atoms with Gasteiger partial charge in [0.1, 0.15) is 5.60 Å². The molecule has 1 atom stereocenters. The van der Waals surface area contributed by atoms with Gasteiger partial charge in [-0.1, -0.05) is 32.8 Å². The van der Waals surface area contributed by atoms with Crippen LogP contribution in [0.5, 0.6) is 0 Å². The lowest BCUT2D eigenvalue weighted by Crippen LogP contribution is -2.43. The van der Waals surface area contributed by atoms with E-state index in [0.717, 1.165) is 59.3 Å². The number of Topliss-reactive ketones (excluding diaryl/α,β-unsaturated/α-hetero) is 1. The fourth-order valence-corrected chi connectivity index (χ4v) is 5.79. The number of fused-ring (bicyclic) bond motifs is 5. The Kier molecular flexibility index (Phi) is 4.74. The second-order valence-corrected chi connectivity index (χ2v) is 9.55. The van der Waals surface area contributed by atoms with Crippen LogP contribution in [0.3, 0.4) is 0 Å². The lowest BCUT2D eigenvalue weighted by atomic mass is 9.77. The van der Waals surface area contributed by atoms with Crippen LogP contribution in [0.4, 0.5) is 11.4 Å². The molecule has 4 heterocycles. The molecule has 0 amide bonds. The van der Waals surface area contributed by atoms with Crippen molar-refractivity contribution in [3.05, 3.63) is 51.3 Å². The second-order valence-electron chi connectivity index (χ2n) is 9.55. The molecule has 3 aromatic rings. The van der Waals surface area contributed by atoms with Crippen molar-refractivity contribution in [1.29, 1.82) is 0 Å². The Morgan fingerprint density at radius 3 is 2.76 bits per heavy atom. The van der Waals surface area contributed by atoms with Gasteiger partial charge in [-0.15, -0.1) is 0 Å². The molecule has 7 heteroatoms. The number of aromatic nitrogens is 2. The number of unbranched alkanes of at least 4 members (excludes halogenated alkanes) is 2. The third kappa shape index (κ3) is 2.79. The minimum absolute atomic E-state index is 0.122. The maximum Gasteiger partial charge on any atom is 0.254 e. The number of carbonyl (C=O) groups excluding carboxylic acids is 1. The topological polar surface area (TPSA) is 87.8 Å². The van der Waals surface area contributed by atoms with Gasteiger partial charge < -0.3 is 14.6 Å². The quantitative estimate of drug-likeness (QED) is 0.455. The van der Waals surface area contributed by atoms with Gasteiger partial charge in [-0.25, -0.2) is 9.98 Å². The molecule has 0 spiro atoms. The van der Waals surface area contributed by atoms with Gasteiger partial charge in [0.2, 0.25) is 0 Å². The second kappa shape index (κ2) is 7.60. The van der Waals surface area contributed by atoms with E-state index in [1.807, 2.05) is 30.6 Å². The summed E-state index contributed by atoms with van der Waals surface area (Å²) in [7, 11) is 0. The van der Waals surface area contributed by atoms with Crippen molar-refractivity contribution >= 4 is 34.4 Å². The summed E-state index contributed by atoms with van der Waals surface area (Å²) in [6.45, 7) is 5.26. The highest BCUT2D eigenvalue weighted by Crippen LogP contribution is 2.46. The fraction of sp³-hybridized carbons (Fsp3) is 0.407. The van der Waals surface area contributed by atoms with Gasteiger partial charge >= 0.3 is 0 Å². The first-order valence-electron chi connectivity index (χ1n) is 12.3. The molecule has 7 nitrogen and oxygen atoms in total. The van der Waals surface area contributed by atoms with Crippen molar-refractivity contribution in [2.75, 3.05) is 11.4 Å². The Bertz CT molecular complexity index is 1450. The molecular weight excluding hydrogens is 428 g/mol. The van der Waals surface area contributed by atoms with Crippen LogP contribution in [0, 0.1) is 0 Å². The van der Waals surface area contributed by atoms with Gasteiger partial charge in [-0.2, -0.15) is 0 Å². The molecule has 2 aromatic heterocycles. The minimum Gasteiger partial charge on any atom is -0.377 e. The lowest BCUT2D eigenvalue weighted by Gasteiger charge is -2.32. The van der Waals surface area contributed by atoms with Crippen molar-refractivity contribution in [1.82, 2.24) is 9.55 Å². The highest BCUT2D eigenvalue weighted by molar-refractivity contribution is 6.11. The first kappa shape index (κ1) is 21.2. The average molecular weight is 457 g/mol. The van der Waals surface area contributed by atoms with Crippen LogP contribution in [0.2, 0.25) is 0 Å². The zero-order valence-corrected chi connectivity index (χ0v) is 19.6. The number of hydrogen-bond donors (Lipinski definition) is 1. The van der Waals surface area contributed by atoms with E-state index >= 15 is 0 Å². The number of pyridine rings is 2. The van der Waals surface area contributed by atoms with Gasteiger partial charge in [0.25, 0.3) is 5.56 Å². The third-order valence-corrected chi connectivity index (χ3v) is 7.67. The standard InChI is InChI=1S/C27H28N4O3/c1-3-5-6-12-30-15-28-19-8-7-9-20-23(19)25(30)17-14-31-21(24(17)29-20)13-18-16(26(31)33)10-11-22(32)27(18,34)4-2/h7-9,13,15,34H,3-6,10-12,14H2,1-2H3/t27-/m0/s1. The molecule has 6 rings (SSSR count). The molecule has 1 aliphatic carbocycles. The Morgan fingerprint density at radius 1 is 1.12 bits per heavy atom. The summed E-state index contributed by atoms with van der Waals surface area (Å²) in [5.41, 5.74) is 4.53. The predicted octanol–water partition coefficient (Wildman–Crippen LogP) is 4.21. The first-order valence-corrected chi connectivity index (χ1v) is 12.3. The molecule has 1 N–H and O–H groups in total. The number of anilines is 1. The number of hydrogen-bond acceptors (Lipinski definition) is 6. The normalized spacial score (nSPS) is 20.0. The molecule has 0 bridgehead atoms. The molecule has 3 aliphatic rings. The van der Waals surface area contributed by atoms with Gasteiger partial charge in [-0.3, -0.25) is 9.59 Å². The summed E-state index contributed by atoms with van der Waals surface area (Å²) in [6, 6.07) is 7.78. The Hall–Kier alpha value is -3.32. The Balaban J connectivity index is 1.60. The van der Waals surface area contributed by atoms with Crippen molar-refractivity contribution in [3.63, 3.8) is 0 Å². The summed E-state index contributed by atoms with van der Waals surface area (Å²) >= 11 is 0. The average Bonchev–Trinajstić information content (AvgIpc) is 3.22. The monoisotopic (exact) mass is 456 g/mol. The number of benzene rings is 1. The summed E-state index contributed by atoms with van der Waals surface area (Å²) in [6.07, 6.45) is 6.03. The Morgan fingerprint density at radius 2 is 1.97 bits per heavy atom. The van der Waals surface area contributed by atoms with E-state index < -0.39 is 5.60 Å². The zero-order chi connectivity index (χ0) is 23.6. The minimum atomic E-state index is -1.61. The van der Waals surface area contributed by atoms with E-state index in [9.17, 15) is 14.7 Å². The van der Waals surface area contributed by atoms with Crippen LogP contribution in [-0.4, -0.2) is 33.3 Å². The highest BCUT2D eigenvalue weighted by atomic mass is 16.3. The summed E-state index contributed by atoms with van der Waals surface area (Å²) in [5, 5.41) is 12.3. The van der Waals surface area contributed by atoms with Gasteiger partial charge in [-0.05, 0) is 37.5 Å². The van der Waals surface area contributed by atoms with Crippen LogP contribution in [0.1, 0.15) is 62.6 Å². The first-order chi connectivity index (χ1) is 16.5. The summed E-state index contributed by atoms with van der Waals surface area (Å²) in [5.74, 6) is -0.213. The van der Waals surface area contributed by atoms with Gasteiger partial charge in [0.05, 0.1) is 46.5 Å². The summed E-state index contributed by atoms with van der Waals surface area (Å²) < 4.78 is 1.77. The molecule has 0 saturated heterocycles. The molecule has 0 unspecified atom stereocenters. The Labute approximate surface area is 197 Å². The van der Waals surface area contributed by atoms with E-state index in [0.29, 0.717) is 29.8 Å². The molecule has 2 aliphatic heterocycles. The van der Waals surface area contributed by atoms with E-state index in [2.05, 4.69) is 16.8 Å². The molecule has 0 saturated carbocycles. The van der Waals surface area contributed by atoms with Gasteiger partial charge in [0.15, 0.2) is 5.78 Å². The number of nitrogens with zero attached hydrogens (tertiary/aromatic N) is 4. The maximum absolute atomic E-state index is 13.6. The van der Waals surface area contributed by atoms with Crippen LogP contribution in [0.15, 0.2) is 34.1 Å². The highest BCUT2D eigenvalue weighted by Gasteiger charge is 2.43. The molecule has 174 valence electrons. The van der Waals surface area contributed by atoms with Crippen molar-refractivity contribution in [2.45, 2.75) is 64.5 Å². The largest absolute Gasteiger partial charge is 0.377 e. The fourth-order valence-electron chi connectivity index (χ4n) is 5.79. The number of rotatable bonds is 5. The van der Waals surface area contributed by atoms with Gasteiger partial charge in [0, 0.05) is 29.7 Å². The number of carbonyl (C=O) groups is 1. The predicted molar refractivity (Wildman–Crippen MR) is 133 cm³/mol.